The summed E-state index contributed by atoms with van der Waals surface area (Å²) in [4.78, 5) is 17.3. The van der Waals surface area contributed by atoms with Crippen LogP contribution in [0.25, 0.3) is 4.96 Å². The van der Waals surface area contributed by atoms with Gasteiger partial charge in [-0.25, -0.2) is 10.4 Å². The van der Waals surface area contributed by atoms with E-state index in [0.717, 1.165) is 33.5 Å². The minimum Gasteiger partial charge on any atom is -0.497 e. The third kappa shape index (κ3) is 3.80. The molecule has 0 saturated carbocycles. The van der Waals surface area contributed by atoms with Crippen molar-refractivity contribution in [3.63, 3.8) is 0 Å². The molecule has 0 saturated heterocycles. The van der Waals surface area contributed by atoms with Gasteiger partial charge in [0.2, 0.25) is 0 Å². The Balaban J connectivity index is 1.59. The van der Waals surface area contributed by atoms with Gasteiger partial charge in [0.25, 0.3) is 5.91 Å². The lowest BCUT2D eigenvalue weighted by Gasteiger charge is -2.06. The number of nitrogens with zero attached hydrogens (tertiary/aromatic N) is 3. The van der Waals surface area contributed by atoms with Crippen molar-refractivity contribution in [1.82, 2.24) is 14.8 Å². The highest BCUT2D eigenvalue weighted by Crippen LogP contribution is 2.19. The topological polar surface area (TPSA) is 80.0 Å². The van der Waals surface area contributed by atoms with Crippen molar-refractivity contribution in [2.75, 3.05) is 19.0 Å². The maximum Gasteiger partial charge on any atom is 0.259 e. The lowest BCUT2D eigenvalue weighted by molar-refractivity contribution is -0.119. The summed E-state index contributed by atoms with van der Waals surface area (Å²) in [5.74, 6) is 0.495. The predicted molar refractivity (Wildman–Crippen MR) is 99.8 cm³/mol. The summed E-state index contributed by atoms with van der Waals surface area (Å²) in [6, 6.07) is 7.39. The molecular formula is C17H19N5O2S. The van der Waals surface area contributed by atoms with Crippen molar-refractivity contribution in [3.8, 4) is 5.75 Å². The number of rotatable bonds is 6. The van der Waals surface area contributed by atoms with Crippen LogP contribution < -0.4 is 15.5 Å². The number of anilines is 1. The molecule has 0 aliphatic heterocycles. The second kappa shape index (κ2) is 7.35. The van der Waals surface area contributed by atoms with Crippen molar-refractivity contribution >= 4 is 34.1 Å². The number of methoxy groups -OCH3 is 1. The van der Waals surface area contributed by atoms with Crippen LogP contribution in [0.3, 0.4) is 0 Å². The van der Waals surface area contributed by atoms with E-state index in [0.29, 0.717) is 0 Å². The minimum atomic E-state index is -0.237. The van der Waals surface area contributed by atoms with Crippen LogP contribution >= 0.6 is 11.3 Å². The van der Waals surface area contributed by atoms with Crippen molar-refractivity contribution in [1.29, 1.82) is 0 Å². The number of carbonyl (C=O) groups is 1. The number of imidazole rings is 1. The molecule has 3 aromatic rings. The molecule has 0 aliphatic carbocycles. The Hall–Kier alpha value is -2.87. The van der Waals surface area contributed by atoms with E-state index in [9.17, 15) is 4.79 Å². The van der Waals surface area contributed by atoms with E-state index in [4.69, 9.17) is 4.74 Å². The summed E-state index contributed by atoms with van der Waals surface area (Å²) in [5.41, 5.74) is 6.17. The highest BCUT2D eigenvalue weighted by molar-refractivity contribution is 7.15. The largest absolute Gasteiger partial charge is 0.497 e. The number of thiazole rings is 1. The summed E-state index contributed by atoms with van der Waals surface area (Å²) < 4.78 is 7.16. The van der Waals surface area contributed by atoms with E-state index >= 15 is 0 Å². The number of amides is 1. The molecule has 0 unspecified atom stereocenters. The summed E-state index contributed by atoms with van der Waals surface area (Å²) in [6.07, 6.45) is 1.62. The molecule has 0 radical (unpaired) electrons. The fourth-order valence-corrected chi connectivity index (χ4v) is 3.32. The second-order valence-corrected chi connectivity index (χ2v) is 6.29. The van der Waals surface area contributed by atoms with Gasteiger partial charge >= 0.3 is 0 Å². The molecule has 130 valence electrons. The number of nitrogens with one attached hydrogen (secondary N) is 2. The van der Waals surface area contributed by atoms with E-state index in [1.165, 1.54) is 0 Å². The van der Waals surface area contributed by atoms with Gasteiger partial charge < -0.3 is 10.1 Å². The van der Waals surface area contributed by atoms with E-state index in [-0.39, 0.29) is 12.5 Å². The van der Waals surface area contributed by atoms with Crippen LogP contribution in [0.15, 0.2) is 34.7 Å². The van der Waals surface area contributed by atoms with Gasteiger partial charge in [-0.1, -0.05) is 6.07 Å². The molecule has 7 nitrogen and oxygen atoms in total. The Morgan fingerprint density at radius 3 is 3.08 bits per heavy atom. The minimum absolute atomic E-state index is 0.114. The molecule has 25 heavy (non-hydrogen) atoms. The maximum atomic E-state index is 11.9. The second-order valence-electron chi connectivity index (χ2n) is 5.46. The zero-order valence-corrected chi connectivity index (χ0v) is 15.1. The van der Waals surface area contributed by atoms with Crippen LogP contribution in [0, 0.1) is 13.8 Å². The van der Waals surface area contributed by atoms with Crippen LogP contribution in [0.4, 0.5) is 5.69 Å². The fourth-order valence-electron chi connectivity index (χ4n) is 2.40. The zero-order chi connectivity index (χ0) is 17.8. The molecule has 0 bridgehead atoms. The molecule has 0 atom stereocenters. The first kappa shape index (κ1) is 17.0. The standard InChI is InChI=1S/C17H19N5O2S/c1-11-10-25-17-20-12(2)15(22(11)17)8-19-21-16(23)9-18-13-5-4-6-14(7-13)24-3/h4-8,10,18H,9H2,1-3H3,(H,21,23)/b19-8-. The first-order chi connectivity index (χ1) is 12.1. The van der Waals surface area contributed by atoms with Gasteiger partial charge in [0.15, 0.2) is 4.96 Å². The molecule has 0 aliphatic rings. The molecule has 2 heterocycles. The van der Waals surface area contributed by atoms with Crippen molar-refractivity contribution in [3.05, 3.63) is 46.7 Å². The Labute approximate surface area is 149 Å². The summed E-state index contributed by atoms with van der Waals surface area (Å²) >= 11 is 1.58. The van der Waals surface area contributed by atoms with Crippen LogP contribution in [-0.2, 0) is 4.79 Å². The number of carbonyl (C=O) groups excluding carboxylic acids is 1. The number of fused-ring (bicyclic) bond motifs is 1. The van der Waals surface area contributed by atoms with Gasteiger partial charge in [0, 0.05) is 22.8 Å². The van der Waals surface area contributed by atoms with Crippen molar-refractivity contribution in [2.24, 2.45) is 5.10 Å². The molecule has 0 spiro atoms. The molecule has 2 N–H and O–H groups in total. The van der Waals surface area contributed by atoms with Gasteiger partial charge in [0.05, 0.1) is 31.3 Å². The normalized spacial score (nSPS) is 11.2. The first-order valence-electron chi connectivity index (χ1n) is 7.71. The fraction of sp³-hybridized carbons (Fsp3) is 0.235. The Bertz CT molecular complexity index is 928. The number of ether oxygens (including phenoxy) is 1. The molecular weight excluding hydrogens is 338 g/mol. The third-order valence-corrected chi connectivity index (χ3v) is 4.60. The molecule has 8 heteroatoms. The van der Waals surface area contributed by atoms with Crippen LogP contribution in [0.2, 0.25) is 0 Å². The van der Waals surface area contributed by atoms with E-state index in [1.807, 2.05) is 47.9 Å². The van der Waals surface area contributed by atoms with Crippen molar-refractivity contribution < 1.29 is 9.53 Å². The quantitative estimate of drug-likeness (QED) is 0.525. The van der Waals surface area contributed by atoms with Gasteiger partial charge in [-0.15, -0.1) is 11.3 Å². The van der Waals surface area contributed by atoms with Crippen molar-refractivity contribution in [2.45, 2.75) is 13.8 Å². The van der Waals surface area contributed by atoms with Gasteiger partial charge in [-0.2, -0.15) is 5.10 Å². The number of aromatic nitrogens is 2. The smallest absolute Gasteiger partial charge is 0.259 e. The SMILES string of the molecule is COc1cccc(NCC(=O)N/N=C\c2c(C)nc3scc(C)n23)c1. The number of benzene rings is 1. The number of aryl methyl sites for hydroxylation is 2. The lowest BCUT2D eigenvalue weighted by atomic mass is 10.3. The monoisotopic (exact) mass is 357 g/mol. The summed E-state index contributed by atoms with van der Waals surface area (Å²) in [7, 11) is 1.60. The lowest BCUT2D eigenvalue weighted by Crippen LogP contribution is -2.26. The third-order valence-electron chi connectivity index (χ3n) is 3.65. The number of hydrogen-bond donors (Lipinski definition) is 2. The number of hydrazone groups is 1. The summed E-state index contributed by atoms with van der Waals surface area (Å²) in [6.45, 7) is 4.05. The van der Waals surface area contributed by atoms with E-state index < -0.39 is 0 Å². The van der Waals surface area contributed by atoms with E-state index in [2.05, 4.69) is 20.8 Å². The highest BCUT2D eigenvalue weighted by Gasteiger charge is 2.10. The Morgan fingerprint density at radius 2 is 2.28 bits per heavy atom. The molecule has 1 amide bonds. The van der Waals surface area contributed by atoms with Crippen LogP contribution in [0.5, 0.6) is 5.75 Å². The highest BCUT2D eigenvalue weighted by atomic mass is 32.1. The van der Waals surface area contributed by atoms with Gasteiger partial charge in [-0.05, 0) is 26.0 Å². The average Bonchev–Trinajstić information content (AvgIpc) is 3.12. The molecule has 3 rings (SSSR count). The summed E-state index contributed by atoms with van der Waals surface area (Å²) in [5, 5.41) is 9.11. The Morgan fingerprint density at radius 1 is 1.44 bits per heavy atom. The first-order valence-corrected chi connectivity index (χ1v) is 8.59. The molecule has 0 fully saturated rings. The van der Waals surface area contributed by atoms with Crippen LogP contribution in [-0.4, -0.2) is 35.2 Å². The number of hydrogen-bond acceptors (Lipinski definition) is 6. The zero-order valence-electron chi connectivity index (χ0n) is 14.2. The van der Waals surface area contributed by atoms with Crippen LogP contribution in [0.1, 0.15) is 17.1 Å². The molecule has 1 aromatic carbocycles. The maximum absolute atomic E-state index is 11.9. The van der Waals surface area contributed by atoms with Gasteiger partial charge in [0.1, 0.15) is 5.75 Å². The van der Waals surface area contributed by atoms with Gasteiger partial charge in [-0.3, -0.25) is 9.20 Å². The Kier molecular flexibility index (Phi) is 4.99. The van der Waals surface area contributed by atoms with E-state index in [1.54, 1.807) is 24.7 Å². The predicted octanol–water partition coefficient (Wildman–Crippen LogP) is 2.58. The average molecular weight is 357 g/mol. The molecule has 2 aromatic heterocycles.